The van der Waals surface area contributed by atoms with Crippen molar-refractivity contribution in [2.45, 2.75) is 0 Å². The first-order valence-electron chi connectivity index (χ1n) is 17.8. The van der Waals surface area contributed by atoms with Gasteiger partial charge < -0.3 is 14.0 Å². The molecular formula is C48H30BNO2. The van der Waals surface area contributed by atoms with Crippen LogP contribution in [0.5, 0.6) is 23.0 Å². The van der Waals surface area contributed by atoms with Gasteiger partial charge in [0, 0.05) is 27.5 Å². The predicted molar refractivity (Wildman–Crippen MR) is 215 cm³/mol. The van der Waals surface area contributed by atoms with Gasteiger partial charge in [0.1, 0.15) is 23.0 Å². The molecule has 0 unspecified atom stereocenters. The second-order valence-electron chi connectivity index (χ2n) is 13.6. The standard InChI is InChI=1S/C48H30BNO2/c1-3-11-31(12-4-1)34-21-26-44-40(29-34)49-41-30-35(32-13-5-2-6-14-32)22-27-45(41)52-48-37(25-28-46(51-44)47(48)49)33-19-23-36(24-20-33)50-42-17-9-7-15-38(42)39-16-8-10-18-43(39)50/h1-30H. The third kappa shape index (κ3) is 4.41. The van der Waals surface area contributed by atoms with Crippen LogP contribution in [0.25, 0.3) is 60.9 Å². The van der Waals surface area contributed by atoms with E-state index in [4.69, 9.17) is 9.47 Å². The Morgan fingerprint density at radius 3 is 1.48 bits per heavy atom. The summed E-state index contributed by atoms with van der Waals surface area (Å²) >= 11 is 0. The third-order valence-electron chi connectivity index (χ3n) is 10.7. The minimum Gasteiger partial charge on any atom is -0.458 e. The monoisotopic (exact) mass is 663 g/mol. The Labute approximate surface area is 302 Å². The lowest BCUT2D eigenvalue weighted by atomic mass is 9.34. The zero-order chi connectivity index (χ0) is 34.2. The minimum atomic E-state index is -0.0679. The molecule has 2 aliphatic rings. The molecule has 0 spiro atoms. The number of para-hydroxylation sites is 2. The van der Waals surface area contributed by atoms with Crippen LogP contribution in [0.4, 0.5) is 0 Å². The van der Waals surface area contributed by atoms with Crippen molar-refractivity contribution in [2.24, 2.45) is 0 Å². The van der Waals surface area contributed by atoms with Crippen molar-refractivity contribution in [3.8, 4) is 62.1 Å². The Balaban J connectivity index is 1.08. The number of ether oxygens (including phenoxy) is 2. The average molecular weight is 664 g/mol. The fourth-order valence-electron chi connectivity index (χ4n) is 8.33. The first kappa shape index (κ1) is 29.0. The lowest BCUT2D eigenvalue weighted by Gasteiger charge is -2.34. The number of benzene rings is 8. The summed E-state index contributed by atoms with van der Waals surface area (Å²) < 4.78 is 16.0. The van der Waals surface area contributed by atoms with Crippen LogP contribution in [0.1, 0.15) is 0 Å². The maximum absolute atomic E-state index is 6.96. The summed E-state index contributed by atoms with van der Waals surface area (Å²) in [5.74, 6) is 3.43. The fraction of sp³-hybridized carbons (Fsp3) is 0. The summed E-state index contributed by atoms with van der Waals surface area (Å²) in [4.78, 5) is 0. The highest BCUT2D eigenvalue weighted by Gasteiger charge is 2.41. The van der Waals surface area contributed by atoms with E-state index < -0.39 is 0 Å². The molecule has 9 aromatic rings. The third-order valence-corrected chi connectivity index (χ3v) is 10.7. The van der Waals surface area contributed by atoms with E-state index in [0.29, 0.717) is 0 Å². The Morgan fingerprint density at radius 1 is 0.385 bits per heavy atom. The van der Waals surface area contributed by atoms with Crippen LogP contribution in [0, 0.1) is 0 Å². The fourth-order valence-corrected chi connectivity index (χ4v) is 8.33. The highest BCUT2D eigenvalue weighted by molar-refractivity contribution is 6.98. The van der Waals surface area contributed by atoms with Crippen LogP contribution in [0.3, 0.4) is 0 Å². The first-order chi connectivity index (χ1) is 25.8. The zero-order valence-corrected chi connectivity index (χ0v) is 28.2. The molecule has 0 amide bonds. The van der Waals surface area contributed by atoms with Gasteiger partial charge >= 0.3 is 0 Å². The Morgan fingerprint density at radius 2 is 0.885 bits per heavy atom. The number of aromatic nitrogens is 1. The van der Waals surface area contributed by atoms with Crippen LogP contribution < -0.4 is 25.9 Å². The van der Waals surface area contributed by atoms with Gasteiger partial charge in [-0.05, 0) is 87.3 Å². The molecule has 0 N–H and O–H groups in total. The largest absolute Gasteiger partial charge is 0.458 e. The SMILES string of the molecule is c1ccc(-c2ccc3c(c2)B2c4cc(-c5ccccc5)ccc4Oc4c(-c5ccc(-n6c7ccccc7c7ccccc76)cc5)ccc(c42)O3)cc1. The smallest absolute Gasteiger partial charge is 0.260 e. The minimum absolute atomic E-state index is 0.0679. The van der Waals surface area contributed by atoms with Crippen LogP contribution >= 0.6 is 0 Å². The van der Waals surface area contributed by atoms with Gasteiger partial charge in [0.15, 0.2) is 0 Å². The highest BCUT2D eigenvalue weighted by Crippen LogP contribution is 2.42. The molecule has 11 rings (SSSR count). The summed E-state index contributed by atoms with van der Waals surface area (Å²) in [5.41, 5.74) is 13.7. The van der Waals surface area contributed by atoms with Crippen LogP contribution in [0.15, 0.2) is 182 Å². The van der Waals surface area contributed by atoms with Gasteiger partial charge in [-0.1, -0.05) is 133 Å². The number of fused-ring (bicyclic) bond motifs is 7. The number of nitrogens with zero attached hydrogens (tertiary/aromatic N) is 1. The second-order valence-corrected chi connectivity index (χ2v) is 13.6. The molecule has 0 radical (unpaired) electrons. The molecule has 0 bridgehead atoms. The van der Waals surface area contributed by atoms with E-state index in [0.717, 1.165) is 67.3 Å². The molecule has 52 heavy (non-hydrogen) atoms. The maximum Gasteiger partial charge on any atom is 0.260 e. The van der Waals surface area contributed by atoms with E-state index >= 15 is 0 Å². The van der Waals surface area contributed by atoms with Gasteiger partial charge in [-0.15, -0.1) is 0 Å². The van der Waals surface area contributed by atoms with Gasteiger partial charge in [0.05, 0.1) is 11.0 Å². The molecule has 4 heteroatoms. The van der Waals surface area contributed by atoms with Crippen molar-refractivity contribution < 1.29 is 9.47 Å². The topological polar surface area (TPSA) is 23.4 Å². The average Bonchev–Trinajstić information content (AvgIpc) is 3.55. The molecule has 2 aliphatic heterocycles. The first-order valence-corrected chi connectivity index (χ1v) is 17.8. The molecule has 0 aliphatic carbocycles. The molecule has 242 valence electrons. The van der Waals surface area contributed by atoms with Gasteiger partial charge in [-0.2, -0.15) is 0 Å². The van der Waals surface area contributed by atoms with Crippen LogP contribution in [-0.4, -0.2) is 11.3 Å². The number of hydrogen-bond donors (Lipinski definition) is 0. The summed E-state index contributed by atoms with van der Waals surface area (Å²) in [6.07, 6.45) is 0. The normalized spacial score (nSPS) is 12.5. The molecular weight excluding hydrogens is 633 g/mol. The van der Waals surface area contributed by atoms with Crippen molar-refractivity contribution in [3.63, 3.8) is 0 Å². The zero-order valence-electron chi connectivity index (χ0n) is 28.2. The van der Waals surface area contributed by atoms with Gasteiger partial charge in [-0.25, -0.2) is 0 Å². The van der Waals surface area contributed by atoms with Crippen molar-refractivity contribution >= 4 is 44.9 Å². The molecule has 0 atom stereocenters. The van der Waals surface area contributed by atoms with E-state index in [1.165, 1.54) is 32.9 Å². The lowest BCUT2D eigenvalue weighted by Crippen LogP contribution is -2.57. The Kier molecular flexibility index (Phi) is 6.35. The number of hydrogen-bond acceptors (Lipinski definition) is 2. The Bertz CT molecular complexity index is 2740. The molecule has 0 fully saturated rings. The molecule has 0 saturated carbocycles. The van der Waals surface area contributed by atoms with Crippen molar-refractivity contribution in [1.29, 1.82) is 0 Å². The van der Waals surface area contributed by atoms with Crippen molar-refractivity contribution in [2.75, 3.05) is 0 Å². The molecule has 3 nitrogen and oxygen atoms in total. The summed E-state index contributed by atoms with van der Waals surface area (Å²) in [6.45, 7) is -0.0679. The van der Waals surface area contributed by atoms with Crippen molar-refractivity contribution in [1.82, 2.24) is 4.57 Å². The quantitative estimate of drug-likeness (QED) is 0.175. The van der Waals surface area contributed by atoms with Gasteiger partial charge in [0.25, 0.3) is 6.71 Å². The van der Waals surface area contributed by atoms with Crippen LogP contribution in [-0.2, 0) is 0 Å². The second kappa shape index (κ2) is 11.4. The van der Waals surface area contributed by atoms with E-state index in [9.17, 15) is 0 Å². The van der Waals surface area contributed by atoms with E-state index in [2.05, 4.69) is 187 Å². The van der Waals surface area contributed by atoms with E-state index in [1.807, 2.05) is 0 Å². The summed E-state index contributed by atoms with van der Waals surface area (Å²) in [7, 11) is 0. The number of rotatable bonds is 4. The van der Waals surface area contributed by atoms with E-state index in [-0.39, 0.29) is 6.71 Å². The van der Waals surface area contributed by atoms with Gasteiger partial charge in [0.2, 0.25) is 0 Å². The Hall–Kier alpha value is -6.78. The maximum atomic E-state index is 6.96. The molecule has 3 heterocycles. The molecule has 8 aromatic carbocycles. The summed E-state index contributed by atoms with van der Waals surface area (Å²) in [5, 5.41) is 2.51. The molecule has 0 saturated heterocycles. The van der Waals surface area contributed by atoms with Crippen molar-refractivity contribution in [3.05, 3.63) is 182 Å². The van der Waals surface area contributed by atoms with Crippen LogP contribution in [0.2, 0.25) is 0 Å². The highest BCUT2D eigenvalue weighted by atomic mass is 16.5. The summed E-state index contributed by atoms with van der Waals surface area (Å²) in [6, 6.07) is 64.7. The van der Waals surface area contributed by atoms with E-state index in [1.54, 1.807) is 0 Å². The van der Waals surface area contributed by atoms with Gasteiger partial charge in [-0.3, -0.25) is 0 Å². The lowest BCUT2D eigenvalue weighted by molar-refractivity contribution is 0.465. The molecule has 1 aromatic heterocycles. The predicted octanol–water partition coefficient (Wildman–Crippen LogP) is 10.5.